The normalized spacial score (nSPS) is 10.7. The molecule has 0 fully saturated rings. The third kappa shape index (κ3) is 3.36. The van der Waals surface area contributed by atoms with Gasteiger partial charge < -0.3 is 14.5 Å². The zero-order valence-electron chi connectivity index (χ0n) is 11.9. The van der Waals surface area contributed by atoms with Gasteiger partial charge >= 0.3 is 11.9 Å². The summed E-state index contributed by atoms with van der Waals surface area (Å²) in [6.45, 7) is 3.81. The van der Waals surface area contributed by atoms with E-state index in [9.17, 15) is 14.4 Å². The fourth-order valence-corrected chi connectivity index (χ4v) is 3.57. The van der Waals surface area contributed by atoms with Crippen LogP contribution in [0.1, 0.15) is 30.0 Å². The molecule has 9 heteroatoms. The van der Waals surface area contributed by atoms with Gasteiger partial charge in [0.15, 0.2) is 0 Å². The second kappa shape index (κ2) is 7.01. The third-order valence-corrected chi connectivity index (χ3v) is 4.59. The Bertz CT molecular complexity index is 783. The van der Waals surface area contributed by atoms with Gasteiger partial charge in [0.2, 0.25) is 5.82 Å². The van der Waals surface area contributed by atoms with Crippen LogP contribution in [0.25, 0.3) is 10.2 Å². The van der Waals surface area contributed by atoms with Gasteiger partial charge in [0.05, 0.1) is 28.8 Å². The molecule has 2 aromatic rings. The number of fused-ring (bicyclic) bond motifs is 1. The lowest BCUT2D eigenvalue weighted by atomic mass is 10.2. The summed E-state index contributed by atoms with van der Waals surface area (Å²) in [6, 6.07) is 0. The molecule has 1 N–H and O–H groups in total. The van der Waals surface area contributed by atoms with Crippen LogP contribution in [0.15, 0.2) is 8.58 Å². The summed E-state index contributed by atoms with van der Waals surface area (Å²) < 4.78 is 10.3. The number of hydrogen-bond donors (Lipinski definition) is 1. The monoisotopic (exact) mass is 388 g/mol. The number of hydrogen-bond acceptors (Lipinski definition) is 7. The van der Waals surface area contributed by atoms with Crippen molar-refractivity contribution >= 4 is 49.4 Å². The van der Waals surface area contributed by atoms with E-state index in [1.165, 1.54) is 11.3 Å². The second-order valence-corrected chi connectivity index (χ2v) is 6.47. The Kier molecular flexibility index (Phi) is 5.30. The summed E-state index contributed by atoms with van der Waals surface area (Å²) in [5.41, 5.74) is 0.0110. The number of aromatic nitrogens is 2. The zero-order valence-corrected chi connectivity index (χ0v) is 14.3. The van der Waals surface area contributed by atoms with Gasteiger partial charge in [-0.05, 0) is 29.8 Å². The molecule has 0 saturated carbocycles. The molecule has 2 aromatic heterocycles. The highest BCUT2D eigenvalue weighted by molar-refractivity contribution is 9.11. The topological polar surface area (TPSA) is 98.3 Å². The number of halogens is 1. The van der Waals surface area contributed by atoms with E-state index >= 15 is 0 Å². The molecule has 0 bridgehead atoms. The number of ether oxygens (including phenoxy) is 2. The summed E-state index contributed by atoms with van der Waals surface area (Å²) in [5, 5.41) is 0.276. The minimum Gasteiger partial charge on any atom is -0.466 e. The van der Waals surface area contributed by atoms with Crippen LogP contribution in [-0.4, -0.2) is 35.1 Å². The van der Waals surface area contributed by atoms with Crippen molar-refractivity contribution in [3.05, 3.63) is 25.5 Å². The van der Waals surface area contributed by atoms with Crippen LogP contribution in [0.4, 0.5) is 0 Å². The Balaban J connectivity index is 2.49. The van der Waals surface area contributed by atoms with E-state index in [0.29, 0.717) is 14.2 Å². The number of carbonyl (C=O) groups is 2. The van der Waals surface area contributed by atoms with E-state index in [2.05, 4.69) is 25.9 Å². The summed E-state index contributed by atoms with van der Waals surface area (Å²) in [7, 11) is 0. The van der Waals surface area contributed by atoms with Crippen LogP contribution in [0.2, 0.25) is 0 Å². The second-order valence-electron chi connectivity index (χ2n) is 4.15. The van der Waals surface area contributed by atoms with E-state index in [1.807, 2.05) is 0 Å². The first kappa shape index (κ1) is 16.6. The maximum Gasteiger partial charge on any atom is 0.374 e. The Morgan fingerprint density at radius 2 is 1.95 bits per heavy atom. The van der Waals surface area contributed by atoms with Gasteiger partial charge in [-0.3, -0.25) is 9.59 Å². The molecule has 0 unspecified atom stereocenters. The molecule has 0 amide bonds. The van der Waals surface area contributed by atoms with Crippen molar-refractivity contribution in [3.63, 3.8) is 0 Å². The van der Waals surface area contributed by atoms with E-state index in [1.54, 1.807) is 13.8 Å². The average molecular weight is 389 g/mol. The number of aromatic amines is 1. The first-order valence-corrected chi connectivity index (χ1v) is 8.12. The first-order valence-electron chi connectivity index (χ1n) is 6.51. The number of H-pyrrole nitrogens is 1. The van der Waals surface area contributed by atoms with Gasteiger partial charge in [-0.15, -0.1) is 11.3 Å². The maximum absolute atomic E-state index is 12.2. The molecule has 118 valence electrons. The SMILES string of the molecule is CCOC(=O)Cc1c(Br)sc2nc(C(=O)OCC)[nH]c(=O)c12. The Morgan fingerprint density at radius 3 is 2.59 bits per heavy atom. The van der Waals surface area contributed by atoms with Crippen molar-refractivity contribution < 1.29 is 19.1 Å². The smallest absolute Gasteiger partial charge is 0.374 e. The van der Waals surface area contributed by atoms with Crippen LogP contribution < -0.4 is 5.56 Å². The van der Waals surface area contributed by atoms with Crippen molar-refractivity contribution in [3.8, 4) is 0 Å². The predicted octanol–water partition coefficient (Wildman–Crippen LogP) is 2.03. The summed E-state index contributed by atoms with van der Waals surface area (Å²) >= 11 is 4.49. The zero-order chi connectivity index (χ0) is 16.3. The van der Waals surface area contributed by atoms with Crippen LogP contribution in [0.5, 0.6) is 0 Å². The molecule has 2 heterocycles. The van der Waals surface area contributed by atoms with E-state index in [0.717, 1.165) is 0 Å². The van der Waals surface area contributed by atoms with Crippen molar-refractivity contribution in [2.45, 2.75) is 20.3 Å². The molecule has 0 spiro atoms. The van der Waals surface area contributed by atoms with Gasteiger partial charge in [0, 0.05) is 5.56 Å². The maximum atomic E-state index is 12.2. The van der Waals surface area contributed by atoms with Crippen LogP contribution in [-0.2, 0) is 20.7 Å². The number of carbonyl (C=O) groups excluding carboxylic acids is 2. The molecule has 0 aromatic carbocycles. The standard InChI is InChI=1S/C13H13BrN2O5S/c1-3-20-7(17)5-6-8-11(18)15-10(13(19)21-4-2)16-12(8)22-9(6)14/h3-5H2,1-2H3,(H,15,16,18). The van der Waals surface area contributed by atoms with Gasteiger partial charge in [0.1, 0.15) is 4.83 Å². The van der Waals surface area contributed by atoms with E-state index in [-0.39, 0.29) is 30.8 Å². The fourth-order valence-electron chi connectivity index (χ4n) is 1.85. The fraction of sp³-hybridized carbons (Fsp3) is 0.385. The number of nitrogens with zero attached hydrogens (tertiary/aromatic N) is 1. The number of rotatable bonds is 5. The van der Waals surface area contributed by atoms with Crippen LogP contribution in [0.3, 0.4) is 0 Å². The highest BCUT2D eigenvalue weighted by Gasteiger charge is 2.21. The predicted molar refractivity (Wildman–Crippen MR) is 84.2 cm³/mol. The van der Waals surface area contributed by atoms with E-state index < -0.39 is 17.5 Å². The average Bonchev–Trinajstić information content (AvgIpc) is 2.76. The van der Waals surface area contributed by atoms with Crippen molar-refractivity contribution in [2.75, 3.05) is 13.2 Å². The minimum atomic E-state index is -0.696. The van der Waals surface area contributed by atoms with E-state index in [4.69, 9.17) is 9.47 Å². The van der Waals surface area contributed by atoms with Gasteiger partial charge in [-0.1, -0.05) is 0 Å². The molecule has 0 aliphatic carbocycles. The Labute approximate surface area is 137 Å². The molecule has 0 radical (unpaired) electrons. The number of esters is 2. The van der Waals surface area contributed by atoms with Gasteiger partial charge in [-0.2, -0.15) is 0 Å². The lowest BCUT2D eigenvalue weighted by Crippen LogP contribution is -2.18. The summed E-state index contributed by atoms with van der Waals surface area (Å²) in [4.78, 5) is 42.3. The van der Waals surface area contributed by atoms with Crippen LogP contribution >= 0.6 is 27.3 Å². The highest BCUT2D eigenvalue weighted by atomic mass is 79.9. The van der Waals surface area contributed by atoms with Crippen molar-refractivity contribution in [2.24, 2.45) is 0 Å². The largest absolute Gasteiger partial charge is 0.466 e. The molecule has 0 aliphatic rings. The van der Waals surface area contributed by atoms with Gasteiger partial charge in [-0.25, -0.2) is 9.78 Å². The number of thiophene rings is 1. The summed E-state index contributed by atoms with van der Waals surface area (Å²) in [5.74, 6) is -1.29. The first-order chi connectivity index (χ1) is 10.5. The Hall–Kier alpha value is -1.74. The highest BCUT2D eigenvalue weighted by Crippen LogP contribution is 2.33. The molecule has 22 heavy (non-hydrogen) atoms. The lowest BCUT2D eigenvalue weighted by Gasteiger charge is -2.02. The molecule has 2 rings (SSSR count). The molecule has 0 atom stereocenters. The van der Waals surface area contributed by atoms with Crippen molar-refractivity contribution in [1.82, 2.24) is 9.97 Å². The molecule has 7 nitrogen and oxygen atoms in total. The number of nitrogens with one attached hydrogen (secondary N) is 1. The summed E-state index contributed by atoms with van der Waals surface area (Å²) in [6.07, 6.45) is -0.0437. The van der Waals surface area contributed by atoms with Crippen LogP contribution in [0, 0.1) is 0 Å². The minimum absolute atomic E-state index is 0.0437. The molecular weight excluding hydrogens is 376 g/mol. The lowest BCUT2D eigenvalue weighted by molar-refractivity contribution is -0.142. The quantitative estimate of drug-likeness (QED) is 0.786. The molecular formula is C13H13BrN2O5S. The molecule has 0 saturated heterocycles. The van der Waals surface area contributed by atoms with Crippen molar-refractivity contribution in [1.29, 1.82) is 0 Å². The Morgan fingerprint density at radius 1 is 1.27 bits per heavy atom. The molecule has 0 aliphatic heterocycles. The third-order valence-electron chi connectivity index (χ3n) is 2.71. The van der Waals surface area contributed by atoms with Gasteiger partial charge in [0.25, 0.3) is 5.56 Å².